The first kappa shape index (κ1) is 17.9. The van der Waals surface area contributed by atoms with E-state index in [-0.39, 0.29) is 11.6 Å². The van der Waals surface area contributed by atoms with Crippen LogP contribution in [0.4, 0.5) is 0 Å². The molecule has 26 heavy (non-hydrogen) atoms. The molecule has 140 valence electrons. The third-order valence-electron chi connectivity index (χ3n) is 5.88. The maximum atomic E-state index is 12.7. The van der Waals surface area contributed by atoms with Gasteiger partial charge in [-0.25, -0.2) is 4.98 Å². The fourth-order valence-corrected chi connectivity index (χ4v) is 5.64. The Balaban J connectivity index is 1.49. The van der Waals surface area contributed by atoms with Crippen LogP contribution in [0.3, 0.4) is 0 Å². The van der Waals surface area contributed by atoms with Crippen molar-refractivity contribution >= 4 is 21.6 Å². The first-order valence-electron chi connectivity index (χ1n) is 10.1. The van der Waals surface area contributed by atoms with E-state index in [1.54, 1.807) is 16.9 Å². The lowest BCUT2D eigenvalue weighted by Gasteiger charge is -2.17. The number of aromatic nitrogens is 2. The van der Waals surface area contributed by atoms with Gasteiger partial charge >= 0.3 is 0 Å². The summed E-state index contributed by atoms with van der Waals surface area (Å²) in [6.45, 7) is 5.33. The van der Waals surface area contributed by atoms with Crippen LogP contribution in [0.1, 0.15) is 74.7 Å². The highest BCUT2D eigenvalue weighted by Crippen LogP contribution is 2.35. The predicted octanol–water partition coefficient (Wildman–Crippen LogP) is 4.65. The van der Waals surface area contributed by atoms with Crippen molar-refractivity contribution in [3.05, 3.63) is 38.3 Å². The van der Waals surface area contributed by atoms with Crippen molar-refractivity contribution in [1.82, 2.24) is 15.3 Å². The second-order valence-electron chi connectivity index (χ2n) is 8.02. The van der Waals surface area contributed by atoms with Crippen molar-refractivity contribution in [2.75, 3.05) is 6.54 Å². The van der Waals surface area contributed by atoms with Gasteiger partial charge in [0.2, 0.25) is 0 Å². The number of thiophene rings is 1. The summed E-state index contributed by atoms with van der Waals surface area (Å²) >= 11 is 1.73. The lowest BCUT2D eigenvalue weighted by Crippen LogP contribution is -2.25. The number of nitrogens with one attached hydrogen (secondary N) is 2. The lowest BCUT2D eigenvalue weighted by molar-refractivity contribution is 0.509. The van der Waals surface area contributed by atoms with E-state index in [0.717, 1.165) is 41.8 Å². The number of allylic oxidation sites excluding steroid dienone is 1. The Morgan fingerprint density at radius 2 is 2.27 bits per heavy atom. The molecule has 0 fully saturated rings. The van der Waals surface area contributed by atoms with Crippen molar-refractivity contribution in [2.45, 2.75) is 71.3 Å². The zero-order valence-electron chi connectivity index (χ0n) is 15.9. The molecule has 0 aliphatic heterocycles. The minimum Gasteiger partial charge on any atom is -0.309 e. The second-order valence-corrected chi connectivity index (χ2v) is 9.10. The van der Waals surface area contributed by atoms with E-state index in [1.807, 2.05) is 0 Å². The average molecular weight is 372 g/mol. The summed E-state index contributed by atoms with van der Waals surface area (Å²) in [5.41, 5.74) is 2.88. The fraction of sp³-hybridized carbons (Fsp3) is 0.619. The summed E-state index contributed by atoms with van der Waals surface area (Å²) in [5.74, 6) is 1.48. The van der Waals surface area contributed by atoms with Gasteiger partial charge in [0, 0.05) is 4.88 Å². The van der Waals surface area contributed by atoms with E-state index in [1.165, 1.54) is 42.5 Å². The quantitative estimate of drug-likeness (QED) is 0.752. The molecule has 0 unspecified atom stereocenters. The van der Waals surface area contributed by atoms with Crippen LogP contribution < -0.4 is 10.9 Å². The molecule has 2 aliphatic carbocycles. The van der Waals surface area contributed by atoms with Crippen molar-refractivity contribution in [1.29, 1.82) is 0 Å². The molecule has 2 atom stereocenters. The van der Waals surface area contributed by atoms with Crippen molar-refractivity contribution in [3.8, 4) is 0 Å². The molecule has 0 spiro atoms. The van der Waals surface area contributed by atoms with Crippen molar-refractivity contribution in [2.24, 2.45) is 5.92 Å². The number of fused-ring (bicyclic) bond motifs is 3. The molecule has 0 amide bonds. The Kier molecular flexibility index (Phi) is 5.28. The average Bonchev–Trinajstić information content (AvgIpc) is 3.00. The molecule has 4 rings (SSSR count). The van der Waals surface area contributed by atoms with Crippen LogP contribution in [0.2, 0.25) is 0 Å². The van der Waals surface area contributed by atoms with Gasteiger partial charge in [0.05, 0.1) is 11.4 Å². The van der Waals surface area contributed by atoms with E-state index in [4.69, 9.17) is 4.98 Å². The van der Waals surface area contributed by atoms with E-state index >= 15 is 0 Å². The topological polar surface area (TPSA) is 57.8 Å². The maximum absolute atomic E-state index is 12.7. The highest BCUT2D eigenvalue weighted by molar-refractivity contribution is 7.18. The minimum absolute atomic E-state index is 0.0423. The summed E-state index contributed by atoms with van der Waals surface area (Å²) in [6.07, 6.45) is 11.9. The maximum Gasteiger partial charge on any atom is 0.259 e. The highest BCUT2D eigenvalue weighted by Gasteiger charge is 2.23. The number of rotatable bonds is 5. The summed E-state index contributed by atoms with van der Waals surface area (Å²) in [7, 11) is 0. The molecule has 0 radical (unpaired) electrons. The van der Waals surface area contributed by atoms with Gasteiger partial charge in [0.1, 0.15) is 10.7 Å². The Hall–Kier alpha value is -1.46. The van der Waals surface area contributed by atoms with Crippen LogP contribution in [0.25, 0.3) is 10.2 Å². The fourth-order valence-electron chi connectivity index (χ4n) is 4.25. The minimum atomic E-state index is 0.0423. The molecule has 0 bridgehead atoms. The normalized spacial score (nSPS) is 21.5. The monoisotopic (exact) mass is 371 g/mol. The molecule has 2 N–H and O–H groups in total. The van der Waals surface area contributed by atoms with Crippen LogP contribution >= 0.6 is 11.3 Å². The van der Waals surface area contributed by atoms with Gasteiger partial charge in [-0.3, -0.25) is 4.79 Å². The largest absolute Gasteiger partial charge is 0.309 e. The van der Waals surface area contributed by atoms with Gasteiger partial charge < -0.3 is 10.3 Å². The van der Waals surface area contributed by atoms with E-state index < -0.39 is 0 Å². The third-order valence-corrected chi connectivity index (χ3v) is 7.02. The Morgan fingerprint density at radius 3 is 3.08 bits per heavy atom. The van der Waals surface area contributed by atoms with Gasteiger partial charge in [-0.1, -0.05) is 18.6 Å². The Morgan fingerprint density at radius 1 is 1.38 bits per heavy atom. The number of hydrogen-bond donors (Lipinski definition) is 2. The summed E-state index contributed by atoms with van der Waals surface area (Å²) in [4.78, 5) is 22.9. The second kappa shape index (κ2) is 7.65. The van der Waals surface area contributed by atoms with Crippen LogP contribution in [-0.4, -0.2) is 16.5 Å². The SMILES string of the molecule is C[C@@H]1CCc2c(sc3nc([C@@H](C)NCCC4=CCCCC4)[nH]c(=O)c23)C1. The highest BCUT2D eigenvalue weighted by atomic mass is 32.1. The predicted molar refractivity (Wildman–Crippen MR) is 109 cm³/mol. The summed E-state index contributed by atoms with van der Waals surface area (Å²) in [6, 6.07) is 0.0642. The van der Waals surface area contributed by atoms with Crippen molar-refractivity contribution in [3.63, 3.8) is 0 Å². The Labute approximate surface area is 159 Å². The zero-order chi connectivity index (χ0) is 18.1. The summed E-state index contributed by atoms with van der Waals surface area (Å²) in [5, 5.41) is 4.39. The lowest BCUT2D eigenvalue weighted by atomic mass is 9.89. The summed E-state index contributed by atoms with van der Waals surface area (Å²) < 4.78 is 0. The molecule has 0 aromatic carbocycles. The molecule has 4 nitrogen and oxygen atoms in total. The molecule has 2 aromatic heterocycles. The van der Waals surface area contributed by atoms with Gasteiger partial charge in [0.25, 0.3) is 5.56 Å². The molecule has 5 heteroatoms. The number of nitrogens with zero attached hydrogens (tertiary/aromatic N) is 1. The first-order chi connectivity index (χ1) is 12.6. The molecule has 2 aliphatic rings. The molecule has 0 saturated heterocycles. The number of aromatic amines is 1. The molecular formula is C21H29N3OS. The van der Waals surface area contributed by atoms with Crippen LogP contribution in [0, 0.1) is 5.92 Å². The molecular weight excluding hydrogens is 342 g/mol. The van der Waals surface area contributed by atoms with Gasteiger partial charge in [0.15, 0.2) is 0 Å². The van der Waals surface area contributed by atoms with Crippen LogP contribution in [-0.2, 0) is 12.8 Å². The van der Waals surface area contributed by atoms with E-state index in [0.29, 0.717) is 5.92 Å². The van der Waals surface area contributed by atoms with Crippen LogP contribution in [0.5, 0.6) is 0 Å². The zero-order valence-corrected chi connectivity index (χ0v) is 16.7. The van der Waals surface area contributed by atoms with E-state index in [9.17, 15) is 4.79 Å². The Bertz CT molecular complexity index is 879. The molecule has 2 aromatic rings. The standard InChI is InChI=1S/C21H29N3OS/c1-13-8-9-16-17(12-13)26-21-18(16)20(25)23-19(24-21)14(2)22-11-10-15-6-4-3-5-7-15/h6,13-14,22H,3-5,7-12H2,1-2H3,(H,23,24,25)/t13-,14-/m1/s1. The molecule has 2 heterocycles. The van der Waals surface area contributed by atoms with E-state index in [2.05, 4.69) is 30.2 Å². The molecule has 0 saturated carbocycles. The third kappa shape index (κ3) is 3.65. The van der Waals surface area contributed by atoms with Crippen molar-refractivity contribution < 1.29 is 0 Å². The smallest absolute Gasteiger partial charge is 0.259 e. The number of hydrogen-bond acceptors (Lipinski definition) is 4. The first-order valence-corrected chi connectivity index (χ1v) is 10.9. The number of aryl methyl sites for hydroxylation is 1. The van der Waals surface area contributed by atoms with Gasteiger partial charge in [-0.2, -0.15) is 0 Å². The van der Waals surface area contributed by atoms with Crippen LogP contribution in [0.15, 0.2) is 16.4 Å². The van der Waals surface area contributed by atoms with Gasteiger partial charge in [-0.05, 0) is 76.3 Å². The van der Waals surface area contributed by atoms with Gasteiger partial charge in [-0.15, -0.1) is 11.3 Å². The number of H-pyrrole nitrogens is 1.